The first-order chi connectivity index (χ1) is 4.70. The Bertz CT molecular complexity index is 102. The van der Waals surface area contributed by atoms with Crippen LogP contribution in [0.3, 0.4) is 0 Å². The Morgan fingerprint density at radius 3 is 2.09 bits per heavy atom. The van der Waals surface area contributed by atoms with Gasteiger partial charge in [0.05, 0.1) is 0 Å². The summed E-state index contributed by atoms with van der Waals surface area (Å²) >= 11 is 0. The van der Waals surface area contributed by atoms with E-state index in [9.17, 15) is 0 Å². The van der Waals surface area contributed by atoms with Crippen molar-refractivity contribution in [3.63, 3.8) is 0 Å². The van der Waals surface area contributed by atoms with Crippen molar-refractivity contribution in [2.45, 2.75) is 20.8 Å². The third-order valence-electron chi connectivity index (χ3n) is 1.59. The SMILES string of the molecule is [CH2-]C(C)=CCN(CC)CC.[Li+]. The molecule has 0 aromatic carbocycles. The van der Waals surface area contributed by atoms with E-state index in [0.29, 0.717) is 0 Å². The molecule has 11 heavy (non-hydrogen) atoms. The average Bonchev–Trinajstić information content (AvgIpc) is 1.90. The summed E-state index contributed by atoms with van der Waals surface area (Å²) in [7, 11) is 0. The van der Waals surface area contributed by atoms with Crippen LogP contribution in [0.4, 0.5) is 0 Å². The Morgan fingerprint density at radius 1 is 1.36 bits per heavy atom. The van der Waals surface area contributed by atoms with Crippen LogP contribution in [0.15, 0.2) is 11.6 Å². The number of hydrogen-bond donors (Lipinski definition) is 0. The molecule has 60 valence electrons. The van der Waals surface area contributed by atoms with Crippen molar-refractivity contribution in [2.24, 2.45) is 0 Å². The zero-order valence-corrected chi connectivity index (χ0v) is 8.35. The number of hydrogen-bond acceptors (Lipinski definition) is 1. The summed E-state index contributed by atoms with van der Waals surface area (Å²) < 4.78 is 0. The van der Waals surface area contributed by atoms with Gasteiger partial charge in [-0.25, -0.2) is 18.6 Å². The molecule has 0 bridgehead atoms. The third kappa shape index (κ3) is 8.07. The third-order valence-corrected chi connectivity index (χ3v) is 1.59. The van der Waals surface area contributed by atoms with E-state index in [0.717, 1.165) is 25.2 Å². The molecular formula is C9H18LiN. The Hall–Kier alpha value is 0.167. The second kappa shape index (κ2) is 8.27. The summed E-state index contributed by atoms with van der Waals surface area (Å²) in [4.78, 5) is 2.36. The largest absolute Gasteiger partial charge is 1.00 e. The first-order valence-corrected chi connectivity index (χ1v) is 3.91. The maximum absolute atomic E-state index is 3.81. The summed E-state index contributed by atoms with van der Waals surface area (Å²) in [5.74, 6) is 0. The second-order valence-electron chi connectivity index (χ2n) is 2.54. The van der Waals surface area contributed by atoms with Gasteiger partial charge in [-0.1, -0.05) is 20.8 Å². The van der Waals surface area contributed by atoms with Crippen molar-refractivity contribution < 1.29 is 18.9 Å². The van der Waals surface area contributed by atoms with E-state index in [1.54, 1.807) is 0 Å². The summed E-state index contributed by atoms with van der Waals surface area (Å²) in [6, 6.07) is 0. The van der Waals surface area contributed by atoms with Crippen LogP contribution < -0.4 is 18.9 Å². The predicted molar refractivity (Wildman–Crippen MR) is 46.9 cm³/mol. The van der Waals surface area contributed by atoms with Crippen molar-refractivity contribution >= 4 is 0 Å². The molecule has 0 unspecified atom stereocenters. The Morgan fingerprint density at radius 2 is 1.82 bits per heavy atom. The van der Waals surface area contributed by atoms with E-state index in [4.69, 9.17) is 0 Å². The van der Waals surface area contributed by atoms with Gasteiger partial charge in [-0.2, -0.15) is 0 Å². The Balaban J connectivity index is 0. The summed E-state index contributed by atoms with van der Waals surface area (Å²) in [5, 5.41) is 0. The Labute approximate surface area is 83.0 Å². The predicted octanol–water partition coefficient (Wildman–Crippen LogP) is -0.887. The first-order valence-electron chi connectivity index (χ1n) is 3.91. The monoisotopic (exact) mass is 147 g/mol. The minimum Gasteiger partial charge on any atom is -0.317 e. The van der Waals surface area contributed by atoms with Crippen molar-refractivity contribution in [3.05, 3.63) is 18.6 Å². The fourth-order valence-electron chi connectivity index (χ4n) is 0.767. The van der Waals surface area contributed by atoms with Crippen molar-refractivity contribution in [1.82, 2.24) is 4.90 Å². The van der Waals surface area contributed by atoms with Crippen LogP contribution in [0, 0.1) is 6.92 Å². The van der Waals surface area contributed by atoms with Gasteiger partial charge in [0.15, 0.2) is 0 Å². The van der Waals surface area contributed by atoms with Gasteiger partial charge in [-0.05, 0) is 19.6 Å². The quantitative estimate of drug-likeness (QED) is 0.368. The fraction of sp³-hybridized carbons (Fsp3) is 0.667. The normalized spacial score (nSPS) is 11.5. The maximum Gasteiger partial charge on any atom is 1.00 e. The molecule has 1 nitrogen and oxygen atoms in total. The van der Waals surface area contributed by atoms with Gasteiger partial charge in [0.2, 0.25) is 0 Å². The number of rotatable bonds is 4. The van der Waals surface area contributed by atoms with Gasteiger partial charge in [0, 0.05) is 0 Å². The zero-order chi connectivity index (χ0) is 7.98. The van der Waals surface area contributed by atoms with Gasteiger partial charge in [-0.15, -0.1) is 0 Å². The van der Waals surface area contributed by atoms with E-state index >= 15 is 0 Å². The average molecular weight is 147 g/mol. The molecule has 0 radical (unpaired) electrons. The van der Waals surface area contributed by atoms with Gasteiger partial charge in [-0.3, -0.25) is 0 Å². The maximum atomic E-state index is 3.81. The molecule has 0 N–H and O–H groups in total. The second-order valence-corrected chi connectivity index (χ2v) is 2.54. The van der Waals surface area contributed by atoms with Crippen molar-refractivity contribution in [2.75, 3.05) is 19.6 Å². The Kier molecular flexibility index (Phi) is 10.3. The summed E-state index contributed by atoms with van der Waals surface area (Å²) in [6.45, 7) is 13.5. The van der Waals surface area contributed by atoms with Crippen LogP contribution in [0.25, 0.3) is 0 Å². The summed E-state index contributed by atoms with van der Waals surface area (Å²) in [6.07, 6.45) is 2.16. The molecule has 0 aromatic rings. The molecule has 0 atom stereocenters. The fourth-order valence-corrected chi connectivity index (χ4v) is 0.767. The minimum atomic E-state index is 0. The molecule has 0 amide bonds. The zero-order valence-electron chi connectivity index (χ0n) is 8.35. The van der Waals surface area contributed by atoms with E-state index in [2.05, 4.69) is 31.7 Å². The molecule has 0 aliphatic carbocycles. The molecule has 0 aliphatic heterocycles. The van der Waals surface area contributed by atoms with Crippen LogP contribution in [0.1, 0.15) is 20.8 Å². The number of likely N-dealkylation sites (N-methyl/N-ethyl adjacent to an activating group) is 1. The smallest absolute Gasteiger partial charge is 0.317 e. The van der Waals surface area contributed by atoms with E-state index in [-0.39, 0.29) is 18.9 Å². The molecule has 0 spiro atoms. The van der Waals surface area contributed by atoms with Crippen LogP contribution in [0.2, 0.25) is 0 Å². The van der Waals surface area contributed by atoms with Crippen LogP contribution in [-0.4, -0.2) is 24.5 Å². The van der Waals surface area contributed by atoms with Gasteiger partial charge in [0.25, 0.3) is 0 Å². The number of nitrogens with zero attached hydrogens (tertiary/aromatic N) is 1. The van der Waals surface area contributed by atoms with Gasteiger partial charge < -0.3 is 4.90 Å². The molecule has 0 rings (SSSR count). The van der Waals surface area contributed by atoms with E-state index < -0.39 is 0 Å². The van der Waals surface area contributed by atoms with Gasteiger partial charge in [0.1, 0.15) is 0 Å². The van der Waals surface area contributed by atoms with Crippen molar-refractivity contribution in [3.8, 4) is 0 Å². The van der Waals surface area contributed by atoms with Crippen molar-refractivity contribution in [1.29, 1.82) is 0 Å². The topological polar surface area (TPSA) is 3.24 Å². The van der Waals surface area contributed by atoms with E-state index in [1.165, 1.54) is 0 Å². The minimum absolute atomic E-state index is 0. The molecule has 0 aromatic heterocycles. The molecule has 0 heterocycles. The van der Waals surface area contributed by atoms with E-state index in [1.807, 2.05) is 6.92 Å². The molecule has 0 saturated carbocycles. The summed E-state index contributed by atoms with van der Waals surface area (Å²) in [5.41, 5.74) is 1.16. The molecule has 0 saturated heterocycles. The van der Waals surface area contributed by atoms with Crippen LogP contribution in [0.5, 0.6) is 0 Å². The first kappa shape index (κ1) is 13.7. The number of allylic oxidation sites excluding steroid dienone is 1. The molecule has 2 heteroatoms. The van der Waals surface area contributed by atoms with Gasteiger partial charge >= 0.3 is 18.9 Å². The molecular weight excluding hydrogens is 129 g/mol. The van der Waals surface area contributed by atoms with Crippen LogP contribution in [-0.2, 0) is 0 Å². The standard InChI is InChI=1S/C9H18N.Li/c1-5-10(6-2)8-7-9(3)4;/h7H,3,5-6,8H2,1-2,4H3;/q-1;+1. The molecule has 0 aliphatic rings. The van der Waals surface area contributed by atoms with Crippen LogP contribution >= 0.6 is 0 Å². The molecule has 0 fully saturated rings.